The molecule has 1 heterocycles. The molecule has 0 aromatic rings. The number of carbonyl (C=O) groups is 2. The van der Waals surface area contributed by atoms with E-state index in [0.29, 0.717) is 0 Å². The van der Waals surface area contributed by atoms with Gasteiger partial charge in [0.15, 0.2) is 6.10 Å². The number of amides is 1. The number of carbonyl (C=O) groups excluding carboxylic acids is 1. The second kappa shape index (κ2) is 5.34. The summed E-state index contributed by atoms with van der Waals surface area (Å²) in [7, 11) is 0. The number of carboxylic acids is 1. The smallest absolute Gasteiger partial charge is 0.410 e. The van der Waals surface area contributed by atoms with E-state index in [2.05, 4.69) is 0 Å². The van der Waals surface area contributed by atoms with Gasteiger partial charge in [-0.3, -0.25) is 0 Å². The van der Waals surface area contributed by atoms with Gasteiger partial charge in [0.1, 0.15) is 11.2 Å². The molecule has 0 aliphatic carbocycles. The second-order valence-electron chi connectivity index (χ2n) is 6.00. The van der Waals surface area contributed by atoms with Crippen molar-refractivity contribution in [2.24, 2.45) is 0 Å². The van der Waals surface area contributed by atoms with E-state index in [-0.39, 0.29) is 19.7 Å². The van der Waals surface area contributed by atoms with Crippen LogP contribution in [0, 0.1) is 0 Å². The highest BCUT2D eigenvalue weighted by Gasteiger charge is 2.37. The molecule has 2 N–H and O–H groups in total. The zero-order valence-corrected chi connectivity index (χ0v) is 11.7. The van der Waals surface area contributed by atoms with E-state index < -0.39 is 29.4 Å². The van der Waals surface area contributed by atoms with E-state index in [1.165, 1.54) is 6.92 Å². The van der Waals surface area contributed by atoms with Crippen molar-refractivity contribution in [1.82, 2.24) is 4.90 Å². The van der Waals surface area contributed by atoms with Gasteiger partial charge in [-0.25, -0.2) is 9.59 Å². The third-order valence-electron chi connectivity index (χ3n) is 2.44. The Balaban J connectivity index is 2.83. The summed E-state index contributed by atoms with van der Waals surface area (Å²) in [5.74, 6) is -1.17. The second-order valence-corrected chi connectivity index (χ2v) is 6.00. The van der Waals surface area contributed by atoms with Crippen LogP contribution in [0.5, 0.6) is 0 Å². The standard InChI is InChI=1S/C12H21NO6/c1-11(2,3)19-10(16)13-5-8(9(14)15)18-7-12(4,17)6-13/h8,17H,5-7H2,1-4H3,(H,14,15)/t8-,12?/m0/s1. The Morgan fingerprint density at radius 3 is 2.47 bits per heavy atom. The average molecular weight is 275 g/mol. The molecule has 7 heteroatoms. The van der Waals surface area contributed by atoms with Crippen molar-refractivity contribution >= 4 is 12.1 Å². The molecule has 0 saturated carbocycles. The number of hydrogen-bond donors (Lipinski definition) is 2. The molecule has 1 aliphatic rings. The van der Waals surface area contributed by atoms with Crippen LogP contribution in [-0.2, 0) is 14.3 Å². The molecule has 110 valence electrons. The van der Waals surface area contributed by atoms with Gasteiger partial charge in [0.05, 0.1) is 19.7 Å². The van der Waals surface area contributed by atoms with Crippen molar-refractivity contribution in [2.45, 2.75) is 45.0 Å². The largest absolute Gasteiger partial charge is 0.479 e. The van der Waals surface area contributed by atoms with Crippen LogP contribution >= 0.6 is 0 Å². The maximum absolute atomic E-state index is 12.0. The topological polar surface area (TPSA) is 96.3 Å². The number of aliphatic hydroxyl groups is 1. The number of carboxylic acid groups (broad SMARTS) is 1. The highest BCUT2D eigenvalue weighted by molar-refractivity contribution is 5.74. The van der Waals surface area contributed by atoms with E-state index in [1.807, 2.05) is 0 Å². The zero-order chi connectivity index (χ0) is 14.8. The molecule has 1 rings (SSSR count). The Labute approximate surface area is 112 Å². The molecular formula is C12H21NO6. The van der Waals surface area contributed by atoms with Crippen molar-refractivity contribution in [2.75, 3.05) is 19.7 Å². The molecule has 7 nitrogen and oxygen atoms in total. The monoisotopic (exact) mass is 275 g/mol. The van der Waals surface area contributed by atoms with Crippen LogP contribution in [0.1, 0.15) is 27.7 Å². The maximum atomic E-state index is 12.0. The Kier molecular flexibility index (Phi) is 4.42. The van der Waals surface area contributed by atoms with Crippen molar-refractivity contribution in [1.29, 1.82) is 0 Å². The number of ether oxygens (including phenoxy) is 2. The summed E-state index contributed by atoms with van der Waals surface area (Å²) in [5, 5.41) is 19.0. The predicted molar refractivity (Wildman–Crippen MR) is 65.8 cm³/mol. The Morgan fingerprint density at radius 2 is 2.00 bits per heavy atom. The van der Waals surface area contributed by atoms with Crippen LogP contribution in [0.3, 0.4) is 0 Å². The van der Waals surface area contributed by atoms with Gasteiger partial charge in [0.25, 0.3) is 0 Å². The van der Waals surface area contributed by atoms with Gasteiger partial charge in [-0.05, 0) is 27.7 Å². The van der Waals surface area contributed by atoms with Gasteiger partial charge in [-0.15, -0.1) is 0 Å². The number of aliphatic carboxylic acids is 1. The van der Waals surface area contributed by atoms with Gasteiger partial charge in [-0.1, -0.05) is 0 Å². The molecule has 2 atom stereocenters. The van der Waals surface area contributed by atoms with E-state index in [1.54, 1.807) is 20.8 Å². The summed E-state index contributed by atoms with van der Waals surface area (Å²) in [6.07, 6.45) is -1.83. The van der Waals surface area contributed by atoms with Gasteiger partial charge in [-0.2, -0.15) is 0 Å². The van der Waals surface area contributed by atoms with Gasteiger partial charge in [0, 0.05) is 0 Å². The fraction of sp³-hybridized carbons (Fsp3) is 0.833. The van der Waals surface area contributed by atoms with E-state index in [4.69, 9.17) is 14.6 Å². The van der Waals surface area contributed by atoms with Gasteiger partial charge in [0.2, 0.25) is 0 Å². The van der Waals surface area contributed by atoms with E-state index >= 15 is 0 Å². The molecule has 19 heavy (non-hydrogen) atoms. The highest BCUT2D eigenvalue weighted by atomic mass is 16.6. The first kappa shape index (κ1) is 15.7. The Bertz CT molecular complexity index is 360. The van der Waals surface area contributed by atoms with Crippen LogP contribution in [0.25, 0.3) is 0 Å². The normalized spacial score (nSPS) is 28.7. The molecule has 0 aromatic heterocycles. The summed E-state index contributed by atoms with van der Waals surface area (Å²) >= 11 is 0. The summed E-state index contributed by atoms with van der Waals surface area (Å²) in [6.45, 7) is 6.29. The third kappa shape index (κ3) is 5.04. The lowest BCUT2D eigenvalue weighted by Crippen LogP contribution is -2.47. The summed E-state index contributed by atoms with van der Waals surface area (Å²) < 4.78 is 10.3. The Morgan fingerprint density at radius 1 is 1.42 bits per heavy atom. The van der Waals surface area contributed by atoms with Crippen molar-refractivity contribution in [3.8, 4) is 0 Å². The number of β-amino-alcohol motifs (C(OH)–C–C–N with tert-alkyl or cyclic N) is 1. The molecule has 1 unspecified atom stereocenters. The summed E-state index contributed by atoms with van der Waals surface area (Å²) in [5.41, 5.74) is -1.99. The first-order valence-corrected chi connectivity index (χ1v) is 6.05. The van der Waals surface area contributed by atoms with Crippen LogP contribution in [-0.4, -0.2) is 64.2 Å². The van der Waals surface area contributed by atoms with E-state index in [0.717, 1.165) is 4.90 Å². The average Bonchev–Trinajstić information content (AvgIpc) is 2.34. The number of rotatable bonds is 1. The molecule has 1 saturated heterocycles. The van der Waals surface area contributed by atoms with Crippen LogP contribution in [0.4, 0.5) is 4.79 Å². The third-order valence-corrected chi connectivity index (χ3v) is 2.44. The molecule has 0 radical (unpaired) electrons. The molecule has 1 amide bonds. The lowest BCUT2D eigenvalue weighted by atomic mass is 10.1. The minimum absolute atomic E-state index is 0.0360. The molecule has 0 bridgehead atoms. The molecule has 1 aliphatic heterocycles. The Hall–Kier alpha value is -1.34. The SMILES string of the molecule is CC1(O)CO[C@H](C(=O)O)CN(C(=O)OC(C)(C)C)C1. The predicted octanol–water partition coefficient (Wildman–Crippen LogP) is 0.458. The van der Waals surface area contributed by atoms with Crippen LogP contribution < -0.4 is 0 Å². The number of hydrogen-bond acceptors (Lipinski definition) is 5. The van der Waals surface area contributed by atoms with E-state index in [9.17, 15) is 14.7 Å². The molecule has 0 aromatic carbocycles. The quantitative estimate of drug-likeness (QED) is 0.721. The van der Waals surface area contributed by atoms with Gasteiger partial charge < -0.3 is 24.6 Å². The number of nitrogens with zero attached hydrogens (tertiary/aromatic N) is 1. The van der Waals surface area contributed by atoms with Crippen LogP contribution in [0.2, 0.25) is 0 Å². The summed E-state index contributed by atoms with van der Waals surface area (Å²) in [4.78, 5) is 24.1. The molecule has 0 spiro atoms. The van der Waals surface area contributed by atoms with Crippen molar-refractivity contribution in [3.63, 3.8) is 0 Å². The minimum Gasteiger partial charge on any atom is -0.479 e. The van der Waals surface area contributed by atoms with Crippen LogP contribution in [0.15, 0.2) is 0 Å². The molecule has 1 fully saturated rings. The first-order valence-electron chi connectivity index (χ1n) is 6.05. The fourth-order valence-electron chi connectivity index (χ4n) is 1.67. The zero-order valence-electron chi connectivity index (χ0n) is 11.7. The first-order chi connectivity index (χ1) is 8.50. The van der Waals surface area contributed by atoms with Gasteiger partial charge >= 0.3 is 12.1 Å². The minimum atomic E-state index is -1.30. The lowest BCUT2D eigenvalue weighted by molar-refractivity contribution is -0.152. The van der Waals surface area contributed by atoms with Crippen molar-refractivity contribution in [3.05, 3.63) is 0 Å². The van der Waals surface area contributed by atoms with Crippen molar-refractivity contribution < 1.29 is 29.3 Å². The highest BCUT2D eigenvalue weighted by Crippen LogP contribution is 2.18. The lowest BCUT2D eigenvalue weighted by Gasteiger charge is -2.30. The molecular weight excluding hydrogens is 254 g/mol. The fourth-order valence-corrected chi connectivity index (χ4v) is 1.67. The maximum Gasteiger partial charge on any atom is 0.410 e. The summed E-state index contributed by atoms with van der Waals surface area (Å²) in [6, 6.07) is 0.